The summed E-state index contributed by atoms with van der Waals surface area (Å²) in [5.74, 6) is 0. The van der Waals surface area contributed by atoms with Gasteiger partial charge < -0.3 is 10.1 Å². The molecule has 0 heterocycles. The van der Waals surface area contributed by atoms with Crippen LogP contribution in [-0.2, 0) is 4.74 Å². The summed E-state index contributed by atoms with van der Waals surface area (Å²) >= 11 is 0. The first-order chi connectivity index (χ1) is 9.70. The van der Waals surface area contributed by atoms with Crippen molar-refractivity contribution in [3.8, 4) is 0 Å². The van der Waals surface area contributed by atoms with Gasteiger partial charge in [-0.1, -0.05) is 59.8 Å². The van der Waals surface area contributed by atoms with Crippen LogP contribution in [0.3, 0.4) is 0 Å². The summed E-state index contributed by atoms with van der Waals surface area (Å²) in [6.45, 7) is 13.1. The summed E-state index contributed by atoms with van der Waals surface area (Å²) < 4.78 is 6.20. The maximum Gasteiger partial charge on any atom is 0.0829 e. The smallest absolute Gasteiger partial charge is 0.0829 e. The molecule has 0 saturated heterocycles. The molecule has 0 amide bonds. The number of rotatable bonds is 14. The fourth-order valence-corrected chi connectivity index (χ4v) is 3.16. The van der Waals surface area contributed by atoms with Gasteiger partial charge in [0.05, 0.1) is 5.60 Å². The third kappa shape index (κ3) is 7.08. The van der Waals surface area contributed by atoms with Crippen LogP contribution in [0.4, 0.5) is 0 Å². The summed E-state index contributed by atoms with van der Waals surface area (Å²) in [6.07, 6.45) is 11.4. The molecule has 0 radical (unpaired) electrons. The van der Waals surface area contributed by atoms with E-state index >= 15 is 0 Å². The zero-order valence-corrected chi connectivity index (χ0v) is 14.8. The minimum absolute atomic E-state index is 0.0364. The van der Waals surface area contributed by atoms with Gasteiger partial charge in [0.1, 0.15) is 0 Å². The van der Waals surface area contributed by atoms with Gasteiger partial charge in [-0.25, -0.2) is 0 Å². The summed E-state index contributed by atoms with van der Waals surface area (Å²) in [7, 11) is 0. The van der Waals surface area contributed by atoms with Crippen molar-refractivity contribution in [1.29, 1.82) is 0 Å². The van der Waals surface area contributed by atoms with Gasteiger partial charge >= 0.3 is 0 Å². The molecule has 122 valence electrons. The molecule has 0 aliphatic rings. The Morgan fingerprint density at radius 3 is 2.00 bits per heavy atom. The Morgan fingerprint density at radius 2 is 1.50 bits per heavy atom. The number of hydrogen-bond donors (Lipinski definition) is 1. The molecule has 1 atom stereocenters. The van der Waals surface area contributed by atoms with Crippen LogP contribution < -0.4 is 5.32 Å². The lowest BCUT2D eigenvalue weighted by Gasteiger charge is -2.40. The normalized spacial score (nSPS) is 13.7. The van der Waals surface area contributed by atoms with Crippen LogP contribution in [0, 0.1) is 0 Å². The van der Waals surface area contributed by atoms with Crippen molar-refractivity contribution < 1.29 is 4.74 Å². The van der Waals surface area contributed by atoms with Crippen LogP contribution in [0.15, 0.2) is 0 Å². The molecule has 2 heteroatoms. The van der Waals surface area contributed by atoms with Gasteiger partial charge in [-0.3, -0.25) is 0 Å². The maximum absolute atomic E-state index is 6.20. The van der Waals surface area contributed by atoms with Crippen molar-refractivity contribution in [2.24, 2.45) is 0 Å². The molecular formula is C18H39NO. The van der Waals surface area contributed by atoms with Crippen molar-refractivity contribution >= 4 is 0 Å². The molecule has 0 aromatic rings. The third-order valence-electron chi connectivity index (χ3n) is 4.50. The van der Waals surface area contributed by atoms with Crippen LogP contribution in [0.25, 0.3) is 0 Å². The standard InChI is InChI=1S/C18H39NO/c1-6-11-12-13-14-15-17(19-16-7-2)18(8-3,9-4)20-10-5/h17,19H,6-16H2,1-5H3. The van der Waals surface area contributed by atoms with Crippen molar-refractivity contribution in [2.75, 3.05) is 13.2 Å². The molecular weight excluding hydrogens is 246 g/mol. The molecule has 20 heavy (non-hydrogen) atoms. The van der Waals surface area contributed by atoms with E-state index in [9.17, 15) is 0 Å². The Labute approximate surface area is 128 Å². The lowest BCUT2D eigenvalue weighted by molar-refractivity contribution is -0.0741. The molecule has 2 nitrogen and oxygen atoms in total. The zero-order valence-electron chi connectivity index (χ0n) is 14.8. The van der Waals surface area contributed by atoms with Gasteiger partial charge in [0.15, 0.2) is 0 Å². The minimum Gasteiger partial charge on any atom is -0.374 e. The Balaban J connectivity index is 4.47. The third-order valence-corrected chi connectivity index (χ3v) is 4.50. The van der Waals surface area contributed by atoms with E-state index < -0.39 is 0 Å². The Bertz CT molecular complexity index is 202. The highest BCUT2D eigenvalue weighted by atomic mass is 16.5. The topological polar surface area (TPSA) is 21.3 Å². The van der Waals surface area contributed by atoms with E-state index in [1.165, 1.54) is 44.9 Å². The lowest BCUT2D eigenvalue weighted by atomic mass is 9.84. The highest BCUT2D eigenvalue weighted by Gasteiger charge is 2.35. The van der Waals surface area contributed by atoms with E-state index in [1.807, 2.05) is 0 Å². The summed E-state index contributed by atoms with van der Waals surface area (Å²) in [6, 6.07) is 0.513. The molecule has 0 aliphatic heterocycles. The monoisotopic (exact) mass is 285 g/mol. The first kappa shape index (κ1) is 19.9. The van der Waals surface area contributed by atoms with E-state index in [0.717, 1.165) is 26.0 Å². The molecule has 0 saturated carbocycles. The predicted molar refractivity (Wildman–Crippen MR) is 90.4 cm³/mol. The highest BCUT2D eigenvalue weighted by molar-refractivity contribution is 4.91. The first-order valence-electron chi connectivity index (χ1n) is 9.07. The molecule has 0 bridgehead atoms. The fraction of sp³-hybridized carbons (Fsp3) is 1.00. The Hall–Kier alpha value is -0.0800. The fourth-order valence-electron chi connectivity index (χ4n) is 3.16. The molecule has 1 unspecified atom stereocenters. The van der Waals surface area contributed by atoms with Crippen molar-refractivity contribution in [3.05, 3.63) is 0 Å². The lowest BCUT2D eigenvalue weighted by Crippen LogP contribution is -2.52. The number of hydrogen-bond acceptors (Lipinski definition) is 2. The van der Waals surface area contributed by atoms with E-state index in [4.69, 9.17) is 4.74 Å². The van der Waals surface area contributed by atoms with Crippen molar-refractivity contribution in [3.63, 3.8) is 0 Å². The summed E-state index contributed by atoms with van der Waals surface area (Å²) in [5.41, 5.74) is 0.0364. The van der Waals surface area contributed by atoms with Crippen molar-refractivity contribution in [1.82, 2.24) is 5.32 Å². The van der Waals surface area contributed by atoms with E-state index in [0.29, 0.717) is 6.04 Å². The molecule has 0 fully saturated rings. The average Bonchev–Trinajstić information content (AvgIpc) is 2.48. The average molecular weight is 286 g/mol. The van der Waals surface area contributed by atoms with Crippen LogP contribution in [0.1, 0.15) is 92.4 Å². The van der Waals surface area contributed by atoms with Crippen LogP contribution in [-0.4, -0.2) is 24.8 Å². The number of nitrogens with one attached hydrogen (secondary N) is 1. The second-order valence-corrected chi connectivity index (χ2v) is 5.91. The zero-order chi connectivity index (χ0) is 15.3. The minimum atomic E-state index is 0.0364. The van der Waals surface area contributed by atoms with E-state index in [1.54, 1.807) is 0 Å². The van der Waals surface area contributed by atoms with Gasteiger partial charge in [-0.2, -0.15) is 0 Å². The van der Waals surface area contributed by atoms with Gasteiger partial charge in [0.2, 0.25) is 0 Å². The van der Waals surface area contributed by atoms with Crippen LogP contribution in [0.2, 0.25) is 0 Å². The van der Waals surface area contributed by atoms with Gasteiger partial charge in [-0.15, -0.1) is 0 Å². The predicted octanol–water partition coefficient (Wildman–Crippen LogP) is 5.31. The number of unbranched alkanes of at least 4 members (excludes halogenated alkanes) is 4. The van der Waals surface area contributed by atoms with Crippen LogP contribution in [0.5, 0.6) is 0 Å². The molecule has 0 aromatic carbocycles. The number of ether oxygens (including phenoxy) is 1. The second kappa shape index (κ2) is 12.6. The SMILES string of the molecule is CCCCCCCC(NCCC)C(CC)(CC)OCC. The second-order valence-electron chi connectivity index (χ2n) is 5.91. The highest BCUT2D eigenvalue weighted by Crippen LogP contribution is 2.28. The van der Waals surface area contributed by atoms with Crippen LogP contribution >= 0.6 is 0 Å². The summed E-state index contributed by atoms with van der Waals surface area (Å²) in [5, 5.41) is 3.76. The van der Waals surface area contributed by atoms with Gasteiger partial charge in [0.25, 0.3) is 0 Å². The molecule has 0 aliphatic carbocycles. The molecule has 0 spiro atoms. The summed E-state index contributed by atoms with van der Waals surface area (Å²) in [4.78, 5) is 0. The Morgan fingerprint density at radius 1 is 0.850 bits per heavy atom. The largest absolute Gasteiger partial charge is 0.374 e. The first-order valence-corrected chi connectivity index (χ1v) is 9.07. The van der Waals surface area contributed by atoms with Gasteiger partial charge in [0, 0.05) is 12.6 Å². The van der Waals surface area contributed by atoms with E-state index in [-0.39, 0.29) is 5.60 Å². The molecule has 1 N–H and O–H groups in total. The maximum atomic E-state index is 6.20. The Kier molecular flexibility index (Phi) is 12.6. The van der Waals surface area contributed by atoms with Gasteiger partial charge in [-0.05, 0) is 39.2 Å². The van der Waals surface area contributed by atoms with E-state index in [2.05, 4.69) is 39.9 Å². The molecule has 0 aromatic heterocycles. The quantitative estimate of drug-likeness (QED) is 0.437. The molecule has 0 rings (SSSR count). The van der Waals surface area contributed by atoms with Crippen molar-refractivity contribution in [2.45, 2.75) is 104 Å².